The third kappa shape index (κ3) is 3.24. The molecule has 1 amide bonds. The quantitative estimate of drug-likeness (QED) is 0.690. The smallest absolute Gasteiger partial charge is 0.274 e. The van der Waals surface area contributed by atoms with Crippen LogP contribution in [0.15, 0.2) is 53.7 Å². The number of hydrogen-bond donors (Lipinski definition) is 1. The van der Waals surface area contributed by atoms with Crippen molar-refractivity contribution in [1.29, 1.82) is 0 Å². The Bertz CT molecular complexity index is 818. The fourth-order valence-corrected chi connectivity index (χ4v) is 2.43. The highest BCUT2D eigenvalue weighted by atomic mass is 16.6. The minimum Gasteiger partial charge on any atom is -0.382 e. The number of nitrogens with one attached hydrogen (secondary N) is 1. The van der Waals surface area contributed by atoms with Crippen molar-refractivity contribution in [2.75, 3.05) is 5.32 Å². The average Bonchev–Trinajstić information content (AvgIpc) is 3.07. The lowest BCUT2D eigenvalue weighted by atomic mass is 10.0. The number of amides is 1. The van der Waals surface area contributed by atoms with Crippen LogP contribution in [-0.2, 0) is 9.63 Å². The molecule has 0 saturated heterocycles. The Morgan fingerprint density at radius 3 is 2.75 bits per heavy atom. The van der Waals surface area contributed by atoms with Gasteiger partial charge in [0, 0.05) is 23.7 Å². The fraction of sp³-hybridized carbons (Fsp3) is 0.176. The van der Waals surface area contributed by atoms with Crippen LogP contribution in [0.4, 0.5) is 11.4 Å². The van der Waals surface area contributed by atoms with Crippen molar-refractivity contribution < 1.29 is 14.6 Å². The van der Waals surface area contributed by atoms with Gasteiger partial charge in [-0.05, 0) is 18.6 Å². The predicted octanol–water partition coefficient (Wildman–Crippen LogP) is 3.03. The number of carbonyl (C=O) groups is 1. The van der Waals surface area contributed by atoms with Gasteiger partial charge in [-0.1, -0.05) is 41.6 Å². The first kappa shape index (κ1) is 15.7. The number of anilines is 1. The molecule has 0 aromatic heterocycles. The average molecular weight is 325 g/mol. The van der Waals surface area contributed by atoms with Crippen LogP contribution < -0.4 is 5.32 Å². The summed E-state index contributed by atoms with van der Waals surface area (Å²) in [6.45, 7) is 1.64. The van der Waals surface area contributed by atoms with E-state index >= 15 is 0 Å². The van der Waals surface area contributed by atoms with E-state index in [-0.39, 0.29) is 11.6 Å². The highest BCUT2D eigenvalue weighted by Crippen LogP contribution is 2.23. The maximum absolute atomic E-state index is 12.3. The van der Waals surface area contributed by atoms with Crippen molar-refractivity contribution in [3.63, 3.8) is 0 Å². The maximum atomic E-state index is 12.3. The number of aryl methyl sites for hydroxylation is 1. The lowest BCUT2D eigenvalue weighted by molar-refractivity contribution is -0.385. The van der Waals surface area contributed by atoms with Crippen LogP contribution in [0.5, 0.6) is 0 Å². The van der Waals surface area contributed by atoms with E-state index in [4.69, 9.17) is 4.84 Å². The number of carbonyl (C=O) groups excluding carboxylic acids is 1. The molecule has 0 bridgehead atoms. The van der Waals surface area contributed by atoms with Crippen LogP contribution in [0.1, 0.15) is 17.5 Å². The van der Waals surface area contributed by atoms with Crippen LogP contribution >= 0.6 is 0 Å². The van der Waals surface area contributed by atoms with Gasteiger partial charge in [-0.2, -0.15) is 0 Å². The summed E-state index contributed by atoms with van der Waals surface area (Å²) in [5, 5.41) is 17.6. The normalized spacial score (nSPS) is 16.2. The molecular weight excluding hydrogens is 310 g/mol. The molecule has 7 nitrogen and oxygen atoms in total. The van der Waals surface area contributed by atoms with Gasteiger partial charge in [0.05, 0.1) is 10.6 Å². The third-order valence-electron chi connectivity index (χ3n) is 3.74. The molecule has 7 heteroatoms. The van der Waals surface area contributed by atoms with Gasteiger partial charge in [-0.15, -0.1) is 0 Å². The largest absolute Gasteiger partial charge is 0.382 e. The summed E-state index contributed by atoms with van der Waals surface area (Å²) in [7, 11) is 0. The number of nitro benzene ring substituents is 1. The van der Waals surface area contributed by atoms with Gasteiger partial charge in [0.2, 0.25) is 6.10 Å². The number of nitrogens with zero attached hydrogens (tertiary/aromatic N) is 2. The Morgan fingerprint density at radius 2 is 2.04 bits per heavy atom. The molecule has 2 aromatic rings. The van der Waals surface area contributed by atoms with Crippen LogP contribution in [0.2, 0.25) is 0 Å². The lowest BCUT2D eigenvalue weighted by Gasteiger charge is -2.10. The van der Waals surface area contributed by atoms with Crippen molar-refractivity contribution in [2.45, 2.75) is 19.4 Å². The summed E-state index contributed by atoms with van der Waals surface area (Å²) in [5.41, 5.74) is 2.45. The van der Waals surface area contributed by atoms with Crippen molar-refractivity contribution in [2.24, 2.45) is 5.16 Å². The molecule has 1 atom stereocenters. The van der Waals surface area contributed by atoms with Gasteiger partial charge in [0.15, 0.2) is 0 Å². The lowest BCUT2D eigenvalue weighted by Crippen LogP contribution is -2.28. The van der Waals surface area contributed by atoms with E-state index < -0.39 is 11.0 Å². The summed E-state index contributed by atoms with van der Waals surface area (Å²) < 4.78 is 0. The predicted molar refractivity (Wildman–Crippen MR) is 88.9 cm³/mol. The highest BCUT2D eigenvalue weighted by molar-refractivity contribution is 6.06. The summed E-state index contributed by atoms with van der Waals surface area (Å²) >= 11 is 0. The van der Waals surface area contributed by atoms with Crippen molar-refractivity contribution in [3.8, 4) is 0 Å². The Balaban J connectivity index is 1.67. The molecule has 0 radical (unpaired) electrons. The van der Waals surface area contributed by atoms with Crippen LogP contribution in [0.3, 0.4) is 0 Å². The van der Waals surface area contributed by atoms with Crippen LogP contribution in [0.25, 0.3) is 0 Å². The Hall–Kier alpha value is -3.22. The monoisotopic (exact) mass is 325 g/mol. The Kier molecular flexibility index (Phi) is 4.24. The van der Waals surface area contributed by atoms with Gasteiger partial charge >= 0.3 is 0 Å². The first-order valence-electron chi connectivity index (χ1n) is 7.38. The minimum atomic E-state index is -0.749. The Morgan fingerprint density at radius 1 is 1.29 bits per heavy atom. The molecule has 1 aliphatic rings. The topological polar surface area (TPSA) is 93.8 Å². The second-order valence-corrected chi connectivity index (χ2v) is 5.45. The maximum Gasteiger partial charge on any atom is 0.274 e. The molecule has 1 N–H and O–H groups in total. The number of hydrogen-bond acceptors (Lipinski definition) is 5. The molecule has 1 aliphatic heterocycles. The molecule has 0 fully saturated rings. The van der Waals surface area contributed by atoms with Crippen molar-refractivity contribution >= 4 is 23.0 Å². The summed E-state index contributed by atoms with van der Waals surface area (Å²) in [6.07, 6.45) is -0.398. The van der Waals surface area contributed by atoms with Gasteiger partial charge in [-0.3, -0.25) is 14.9 Å². The van der Waals surface area contributed by atoms with E-state index in [1.165, 1.54) is 6.07 Å². The zero-order valence-corrected chi connectivity index (χ0v) is 12.9. The van der Waals surface area contributed by atoms with Crippen molar-refractivity contribution in [3.05, 3.63) is 69.8 Å². The molecule has 1 heterocycles. The Labute approximate surface area is 138 Å². The summed E-state index contributed by atoms with van der Waals surface area (Å²) in [6, 6.07) is 14.0. The zero-order valence-electron chi connectivity index (χ0n) is 12.9. The molecular formula is C17H15N3O4. The molecule has 24 heavy (non-hydrogen) atoms. The summed E-state index contributed by atoms with van der Waals surface area (Å²) in [5.74, 6) is -0.386. The first-order chi connectivity index (χ1) is 11.5. The standard InChI is InChI=1S/C17H15N3O4/c1-11-7-8-13(9-15(11)20(22)23)18-17(21)16-10-14(19-24-16)12-5-3-2-4-6-12/h2-9,16H,10H2,1H3,(H,18,21)/t16-/m0/s1. The molecule has 0 unspecified atom stereocenters. The van der Waals surface area contributed by atoms with E-state index in [9.17, 15) is 14.9 Å². The van der Waals surface area contributed by atoms with E-state index in [1.807, 2.05) is 30.3 Å². The summed E-state index contributed by atoms with van der Waals surface area (Å²) in [4.78, 5) is 28.0. The number of rotatable bonds is 4. The van der Waals surface area contributed by atoms with Gasteiger partial charge in [-0.25, -0.2) is 0 Å². The molecule has 0 spiro atoms. The van der Waals surface area contributed by atoms with E-state index in [1.54, 1.807) is 19.1 Å². The molecule has 122 valence electrons. The number of benzene rings is 2. The highest BCUT2D eigenvalue weighted by Gasteiger charge is 2.29. The van der Waals surface area contributed by atoms with Gasteiger partial charge < -0.3 is 10.2 Å². The first-order valence-corrected chi connectivity index (χ1v) is 7.38. The van der Waals surface area contributed by atoms with Gasteiger partial charge in [0.1, 0.15) is 0 Å². The van der Waals surface area contributed by atoms with Gasteiger partial charge in [0.25, 0.3) is 11.6 Å². The van der Waals surface area contributed by atoms with E-state index in [2.05, 4.69) is 10.5 Å². The van der Waals surface area contributed by atoms with E-state index in [0.29, 0.717) is 23.4 Å². The van der Waals surface area contributed by atoms with E-state index in [0.717, 1.165) is 5.56 Å². The second kappa shape index (κ2) is 6.49. The molecule has 2 aromatic carbocycles. The number of oxime groups is 1. The minimum absolute atomic E-state index is 0.0404. The fourth-order valence-electron chi connectivity index (χ4n) is 2.43. The number of nitro groups is 1. The molecule has 0 saturated carbocycles. The SMILES string of the molecule is Cc1ccc(NC(=O)[C@@H]2CC(c3ccccc3)=NO2)cc1[N+](=O)[O-]. The van der Waals surface area contributed by atoms with Crippen LogP contribution in [-0.4, -0.2) is 22.6 Å². The third-order valence-corrected chi connectivity index (χ3v) is 3.74. The molecule has 3 rings (SSSR count). The zero-order chi connectivity index (χ0) is 17.1. The van der Waals surface area contributed by atoms with Crippen molar-refractivity contribution in [1.82, 2.24) is 0 Å². The van der Waals surface area contributed by atoms with Crippen LogP contribution in [0, 0.1) is 17.0 Å². The second-order valence-electron chi connectivity index (χ2n) is 5.45. The molecule has 0 aliphatic carbocycles.